The maximum atomic E-state index is 12.9. The van der Waals surface area contributed by atoms with Crippen molar-refractivity contribution in [2.24, 2.45) is 5.92 Å². The lowest BCUT2D eigenvalue weighted by atomic mass is 9.99. The molecule has 2 heterocycles. The maximum Gasteiger partial charge on any atom is 0.306 e. The van der Waals surface area contributed by atoms with Crippen LogP contribution in [0.3, 0.4) is 0 Å². The summed E-state index contributed by atoms with van der Waals surface area (Å²) >= 11 is 1.55. The highest BCUT2D eigenvalue weighted by Crippen LogP contribution is 2.23. The zero-order chi connectivity index (χ0) is 16.9. The van der Waals surface area contributed by atoms with E-state index >= 15 is 0 Å². The van der Waals surface area contributed by atoms with Crippen LogP contribution in [0.4, 0.5) is 0 Å². The summed E-state index contributed by atoms with van der Waals surface area (Å²) in [5.41, 5.74) is 0.995. The predicted molar refractivity (Wildman–Crippen MR) is 90.5 cm³/mol. The van der Waals surface area contributed by atoms with Crippen molar-refractivity contribution in [3.63, 3.8) is 0 Å². The molecule has 0 spiro atoms. The minimum Gasteiger partial charge on any atom is -0.481 e. The molecule has 1 aliphatic rings. The molecule has 6 nitrogen and oxygen atoms in total. The fourth-order valence-electron chi connectivity index (χ4n) is 2.69. The van der Waals surface area contributed by atoms with Crippen molar-refractivity contribution in [3.8, 4) is 0 Å². The van der Waals surface area contributed by atoms with Gasteiger partial charge in [0.05, 0.1) is 5.92 Å². The highest BCUT2D eigenvalue weighted by atomic mass is 32.2. The lowest BCUT2D eigenvalue weighted by Gasteiger charge is -2.33. The summed E-state index contributed by atoms with van der Waals surface area (Å²) in [6.07, 6.45) is 2.51. The molecule has 1 N–H and O–H groups in total. The third-order valence-electron chi connectivity index (χ3n) is 4.16. The molecule has 1 fully saturated rings. The van der Waals surface area contributed by atoms with Crippen LogP contribution in [0.25, 0.3) is 0 Å². The zero-order valence-corrected chi connectivity index (χ0v) is 15.0. The van der Waals surface area contributed by atoms with E-state index < -0.39 is 22.1 Å². The highest BCUT2D eigenvalue weighted by molar-refractivity contribution is 7.86. The summed E-state index contributed by atoms with van der Waals surface area (Å²) in [7, 11) is -3.54. The van der Waals surface area contributed by atoms with E-state index in [1.807, 2.05) is 23.8 Å². The van der Waals surface area contributed by atoms with Gasteiger partial charge in [-0.25, -0.2) is 0 Å². The van der Waals surface area contributed by atoms with Gasteiger partial charge in [0.2, 0.25) is 0 Å². The topological polar surface area (TPSA) is 77.9 Å². The van der Waals surface area contributed by atoms with Crippen LogP contribution in [-0.4, -0.2) is 47.7 Å². The molecule has 1 aromatic heterocycles. The first-order valence-corrected chi connectivity index (χ1v) is 10.3. The first kappa shape index (κ1) is 18.4. The van der Waals surface area contributed by atoms with Gasteiger partial charge in [-0.3, -0.25) is 4.79 Å². The summed E-state index contributed by atoms with van der Waals surface area (Å²) in [4.78, 5) is 11.0. The smallest absolute Gasteiger partial charge is 0.306 e. The summed E-state index contributed by atoms with van der Waals surface area (Å²) in [5.74, 6) is -1.26. The monoisotopic (exact) mass is 360 g/mol. The molecule has 0 unspecified atom stereocenters. The number of unbranched alkanes of at least 4 members (excludes halogenated alkanes) is 1. The molecule has 1 aliphatic heterocycles. The van der Waals surface area contributed by atoms with Crippen molar-refractivity contribution < 1.29 is 18.3 Å². The molecule has 0 aliphatic carbocycles. The number of carboxylic acid groups (broad SMARTS) is 1. The molecule has 0 amide bonds. The Hall–Kier alpha value is -0.960. The van der Waals surface area contributed by atoms with Crippen LogP contribution >= 0.6 is 11.3 Å². The molecule has 0 radical (unpaired) electrons. The Labute approximate surface area is 141 Å². The number of carbonyl (C=O) groups is 1. The van der Waals surface area contributed by atoms with Crippen LogP contribution in [0.2, 0.25) is 0 Å². The highest BCUT2D eigenvalue weighted by Gasteiger charge is 2.34. The average Bonchev–Trinajstić information content (AvgIpc) is 3.04. The van der Waals surface area contributed by atoms with E-state index in [4.69, 9.17) is 5.11 Å². The molecule has 130 valence electrons. The van der Waals surface area contributed by atoms with E-state index in [1.54, 1.807) is 11.3 Å². The van der Waals surface area contributed by atoms with Gasteiger partial charge in [-0.1, -0.05) is 13.3 Å². The quantitative estimate of drug-likeness (QED) is 0.772. The molecule has 0 saturated carbocycles. The predicted octanol–water partition coefficient (Wildman–Crippen LogP) is 2.39. The molecule has 0 aromatic carbocycles. The average molecular weight is 361 g/mol. The summed E-state index contributed by atoms with van der Waals surface area (Å²) in [6, 6.07) is 1.94. The van der Waals surface area contributed by atoms with Gasteiger partial charge in [0.25, 0.3) is 10.2 Å². The van der Waals surface area contributed by atoms with Gasteiger partial charge in [-0.05, 0) is 41.7 Å². The Morgan fingerprint density at radius 2 is 2.13 bits per heavy atom. The maximum absolute atomic E-state index is 12.9. The number of carboxylic acids is 1. The second-order valence-corrected chi connectivity index (χ2v) is 8.55. The third-order valence-corrected chi connectivity index (χ3v) is 6.87. The second-order valence-electron chi connectivity index (χ2n) is 5.84. The first-order valence-electron chi connectivity index (χ1n) is 7.94. The fourth-order valence-corrected chi connectivity index (χ4v) is 5.02. The Kier molecular flexibility index (Phi) is 6.58. The molecule has 8 heteroatoms. The summed E-state index contributed by atoms with van der Waals surface area (Å²) in [5, 5.41) is 13.0. The van der Waals surface area contributed by atoms with Crippen molar-refractivity contribution in [1.82, 2.24) is 8.61 Å². The molecule has 0 bridgehead atoms. The van der Waals surface area contributed by atoms with E-state index in [9.17, 15) is 13.2 Å². The minimum absolute atomic E-state index is 0.283. The van der Waals surface area contributed by atoms with Gasteiger partial charge in [0.1, 0.15) is 0 Å². The number of thiophene rings is 1. The third kappa shape index (κ3) is 4.76. The van der Waals surface area contributed by atoms with Crippen molar-refractivity contribution >= 4 is 27.5 Å². The van der Waals surface area contributed by atoms with Crippen LogP contribution in [0, 0.1) is 5.92 Å². The van der Waals surface area contributed by atoms with Gasteiger partial charge in [-0.2, -0.15) is 28.4 Å². The Morgan fingerprint density at radius 3 is 2.65 bits per heavy atom. The summed E-state index contributed by atoms with van der Waals surface area (Å²) in [6.45, 7) is 3.48. The van der Waals surface area contributed by atoms with Gasteiger partial charge >= 0.3 is 5.97 Å². The number of hydrogen-bond donors (Lipinski definition) is 1. The molecular formula is C15H24N2O4S2. The zero-order valence-electron chi connectivity index (χ0n) is 13.3. The Morgan fingerprint density at radius 1 is 1.43 bits per heavy atom. The van der Waals surface area contributed by atoms with Crippen molar-refractivity contribution in [2.75, 3.05) is 19.6 Å². The minimum atomic E-state index is -3.54. The largest absolute Gasteiger partial charge is 0.481 e. The van der Waals surface area contributed by atoms with Crippen LogP contribution < -0.4 is 0 Å². The second kappa shape index (κ2) is 8.23. The SMILES string of the molecule is CCCCN(Cc1ccsc1)S(=O)(=O)N1CCC(C(=O)O)CC1. The van der Waals surface area contributed by atoms with E-state index in [1.165, 1.54) is 8.61 Å². The standard InChI is InChI=1S/C15H24N2O4S2/c1-2-3-7-17(11-13-6-10-22-12-13)23(20,21)16-8-4-14(5-9-16)15(18)19/h6,10,12,14H,2-5,7-9,11H2,1H3,(H,18,19). The molecule has 1 aromatic rings. The number of hydrogen-bond acceptors (Lipinski definition) is 4. The number of nitrogens with zero attached hydrogens (tertiary/aromatic N) is 2. The van der Waals surface area contributed by atoms with Crippen LogP contribution in [0.5, 0.6) is 0 Å². The van der Waals surface area contributed by atoms with Crippen LogP contribution in [-0.2, 0) is 21.5 Å². The fraction of sp³-hybridized carbons (Fsp3) is 0.667. The van der Waals surface area contributed by atoms with E-state index in [0.717, 1.165) is 18.4 Å². The normalized spacial score (nSPS) is 17.7. The van der Waals surface area contributed by atoms with Crippen LogP contribution in [0.15, 0.2) is 16.8 Å². The number of aliphatic carboxylic acids is 1. The first-order chi connectivity index (χ1) is 10.9. The molecule has 2 rings (SSSR count). The van der Waals surface area contributed by atoms with Crippen molar-refractivity contribution in [3.05, 3.63) is 22.4 Å². The van der Waals surface area contributed by atoms with E-state index in [2.05, 4.69) is 0 Å². The Bertz CT molecular complexity index is 593. The van der Waals surface area contributed by atoms with Gasteiger partial charge < -0.3 is 5.11 Å². The van der Waals surface area contributed by atoms with Gasteiger partial charge in [0.15, 0.2) is 0 Å². The van der Waals surface area contributed by atoms with Gasteiger partial charge in [0, 0.05) is 26.2 Å². The van der Waals surface area contributed by atoms with Crippen molar-refractivity contribution in [2.45, 2.75) is 39.2 Å². The Balaban J connectivity index is 2.07. The molecule has 0 atom stereocenters. The van der Waals surface area contributed by atoms with Crippen LogP contribution in [0.1, 0.15) is 38.2 Å². The molecular weight excluding hydrogens is 336 g/mol. The number of rotatable bonds is 8. The summed E-state index contributed by atoms with van der Waals surface area (Å²) < 4.78 is 28.8. The number of piperidine rings is 1. The van der Waals surface area contributed by atoms with E-state index in [-0.39, 0.29) is 13.1 Å². The van der Waals surface area contributed by atoms with Gasteiger partial charge in [-0.15, -0.1) is 0 Å². The molecule has 1 saturated heterocycles. The van der Waals surface area contributed by atoms with E-state index in [0.29, 0.717) is 25.9 Å². The lowest BCUT2D eigenvalue weighted by molar-refractivity contribution is -0.142. The molecule has 23 heavy (non-hydrogen) atoms. The lowest BCUT2D eigenvalue weighted by Crippen LogP contribution is -2.47. The van der Waals surface area contributed by atoms with Crippen molar-refractivity contribution in [1.29, 1.82) is 0 Å².